The van der Waals surface area contributed by atoms with E-state index in [-0.39, 0.29) is 18.5 Å². The third kappa shape index (κ3) is 3.36. The summed E-state index contributed by atoms with van der Waals surface area (Å²) in [5.74, 6) is 0.789. The van der Waals surface area contributed by atoms with Gasteiger partial charge in [0.2, 0.25) is 0 Å². The zero-order valence-electron chi connectivity index (χ0n) is 11.2. The number of hydrogen-bond acceptors (Lipinski definition) is 4. The number of piperazine rings is 1. The Morgan fingerprint density at radius 3 is 2.74 bits per heavy atom. The molecule has 0 saturated carbocycles. The zero-order valence-corrected chi connectivity index (χ0v) is 11.2. The van der Waals surface area contributed by atoms with E-state index in [0.29, 0.717) is 12.2 Å². The number of ether oxygens (including phenoxy) is 1. The number of methoxy groups -OCH3 is 1. The van der Waals surface area contributed by atoms with Crippen LogP contribution in [0.4, 0.5) is 4.39 Å². The number of nitrogens with one attached hydrogen (secondary N) is 1. The second-order valence-electron chi connectivity index (χ2n) is 4.70. The molecule has 5 heteroatoms. The van der Waals surface area contributed by atoms with Crippen LogP contribution < -0.4 is 10.1 Å². The fourth-order valence-electron chi connectivity index (χ4n) is 2.56. The van der Waals surface area contributed by atoms with Crippen molar-refractivity contribution in [2.24, 2.45) is 0 Å². The monoisotopic (exact) mass is 268 g/mol. The lowest BCUT2D eigenvalue weighted by Crippen LogP contribution is -2.45. The molecular formula is C14H21FN2O2. The molecule has 4 nitrogen and oxygen atoms in total. The minimum Gasteiger partial charge on any atom is -0.507 e. The zero-order chi connectivity index (χ0) is 13.7. The van der Waals surface area contributed by atoms with E-state index in [9.17, 15) is 9.50 Å². The van der Waals surface area contributed by atoms with Crippen molar-refractivity contribution in [3.05, 3.63) is 23.8 Å². The van der Waals surface area contributed by atoms with E-state index in [2.05, 4.69) is 10.2 Å². The van der Waals surface area contributed by atoms with E-state index in [1.54, 1.807) is 13.2 Å². The van der Waals surface area contributed by atoms with Crippen molar-refractivity contribution >= 4 is 0 Å². The van der Waals surface area contributed by atoms with Gasteiger partial charge in [0.05, 0.1) is 13.8 Å². The van der Waals surface area contributed by atoms with E-state index in [4.69, 9.17) is 4.74 Å². The molecule has 1 aliphatic heterocycles. The van der Waals surface area contributed by atoms with Crippen molar-refractivity contribution in [2.75, 3.05) is 40.0 Å². The Bertz CT molecular complexity index is 408. The quantitative estimate of drug-likeness (QED) is 0.853. The first-order valence-corrected chi connectivity index (χ1v) is 6.64. The van der Waals surface area contributed by atoms with Gasteiger partial charge in [-0.2, -0.15) is 0 Å². The second-order valence-corrected chi connectivity index (χ2v) is 4.70. The average molecular weight is 268 g/mol. The van der Waals surface area contributed by atoms with Crippen LogP contribution in [0.2, 0.25) is 0 Å². The molecule has 0 spiro atoms. The van der Waals surface area contributed by atoms with E-state index in [1.807, 2.05) is 12.1 Å². The number of benzene rings is 1. The Balaban J connectivity index is 2.22. The number of phenolic OH excluding ortho intramolecular Hbond substituents is 1. The maximum atomic E-state index is 12.8. The number of phenols is 1. The van der Waals surface area contributed by atoms with E-state index in [1.165, 1.54) is 0 Å². The summed E-state index contributed by atoms with van der Waals surface area (Å²) in [6.07, 6.45) is 0.403. The van der Waals surface area contributed by atoms with Crippen molar-refractivity contribution in [3.8, 4) is 11.5 Å². The minimum absolute atomic E-state index is 0.0713. The van der Waals surface area contributed by atoms with Gasteiger partial charge in [0.15, 0.2) is 0 Å². The first kappa shape index (κ1) is 14.1. The number of nitrogens with zero attached hydrogens (tertiary/aromatic N) is 1. The van der Waals surface area contributed by atoms with Gasteiger partial charge in [-0.3, -0.25) is 9.29 Å². The lowest BCUT2D eigenvalue weighted by molar-refractivity contribution is 0.155. The van der Waals surface area contributed by atoms with Crippen LogP contribution >= 0.6 is 0 Å². The van der Waals surface area contributed by atoms with Crippen molar-refractivity contribution < 1.29 is 14.2 Å². The summed E-state index contributed by atoms with van der Waals surface area (Å²) in [5, 5.41) is 13.4. The largest absolute Gasteiger partial charge is 0.507 e. The Labute approximate surface area is 113 Å². The van der Waals surface area contributed by atoms with Crippen LogP contribution in [0.1, 0.15) is 18.0 Å². The van der Waals surface area contributed by atoms with Gasteiger partial charge in [-0.1, -0.05) is 6.07 Å². The number of alkyl halides is 1. The maximum Gasteiger partial charge on any atom is 0.124 e. The van der Waals surface area contributed by atoms with Crippen molar-refractivity contribution in [3.63, 3.8) is 0 Å². The Morgan fingerprint density at radius 1 is 1.42 bits per heavy atom. The summed E-state index contributed by atoms with van der Waals surface area (Å²) < 4.78 is 17.9. The molecule has 1 atom stereocenters. The first-order chi connectivity index (χ1) is 9.26. The van der Waals surface area contributed by atoms with Gasteiger partial charge in [0.25, 0.3) is 0 Å². The minimum atomic E-state index is -0.389. The molecule has 0 bridgehead atoms. The highest BCUT2D eigenvalue weighted by Gasteiger charge is 2.24. The van der Waals surface area contributed by atoms with Crippen LogP contribution in [0.25, 0.3) is 0 Å². The summed E-state index contributed by atoms with van der Waals surface area (Å²) in [5.41, 5.74) is 0.778. The van der Waals surface area contributed by atoms with Gasteiger partial charge >= 0.3 is 0 Å². The molecular weight excluding hydrogens is 247 g/mol. The number of halogens is 1. The highest BCUT2D eigenvalue weighted by atomic mass is 19.1. The molecule has 0 aliphatic carbocycles. The summed E-state index contributed by atoms with van der Waals surface area (Å²) in [4.78, 5) is 2.22. The van der Waals surface area contributed by atoms with Gasteiger partial charge in [-0.05, 0) is 12.5 Å². The van der Waals surface area contributed by atoms with Crippen LogP contribution in [0.15, 0.2) is 18.2 Å². The Morgan fingerprint density at radius 2 is 2.16 bits per heavy atom. The molecule has 1 aromatic carbocycles. The number of aromatic hydroxyl groups is 1. The molecule has 1 fully saturated rings. The molecule has 1 aromatic rings. The molecule has 106 valence electrons. The third-order valence-corrected chi connectivity index (χ3v) is 3.57. The number of hydrogen-bond donors (Lipinski definition) is 2. The van der Waals surface area contributed by atoms with Crippen molar-refractivity contribution in [1.82, 2.24) is 10.2 Å². The van der Waals surface area contributed by atoms with Crippen molar-refractivity contribution in [2.45, 2.75) is 12.5 Å². The molecule has 0 aromatic heterocycles. The Kier molecular flexibility index (Phi) is 4.99. The van der Waals surface area contributed by atoms with Crippen LogP contribution in [0, 0.1) is 0 Å². The summed E-state index contributed by atoms with van der Waals surface area (Å²) in [7, 11) is 1.56. The molecule has 1 aliphatic rings. The lowest BCUT2D eigenvalue weighted by Gasteiger charge is -2.35. The van der Waals surface area contributed by atoms with Gasteiger partial charge < -0.3 is 15.2 Å². The fraction of sp³-hybridized carbons (Fsp3) is 0.571. The second kappa shape index (κ2) is 6.73. The van der Waals surface area contributed by atoms with Crippen LogP contribution in [-0.4, -0.2) is 50.0 Å². The van der Waals surface area contributed by atoms with Gasteiger partial charge in [0, 0.05) is 43.9 Å². The Hall–Kier alpha value is -1.33. The topological polar surface area (TPSA) is 44.7 Å². The third-order valence-electron chi connectivity index (χ3n) is 3.57. The highest BCUT2D eigenvalue weighted by molar-refractivity contribution is 5.41. The molecule has 2 rings (SSSR count). The smallest absolute Gasteiger partial charge is 0.124 e. The van der Waals surface area contributed by atoms with E-state index < -0.39 is 0 Å². The fourth-order valence-corrected chi connectivity index (χ4v) is 2.56. The molecule has 2 N–H and O–H groups in total. The van der Waals surface area contributed by atoms with Crippen LogP contribution in [0.5, 0.6) is 11.5 Å². The van der Waals surface area contributed by atoms with Gasteiger partial charge in [-0.15, -0.1) is 0 Å². The lowest BCUT2D eigenvalue weighted by atomic mass is 10.0. The molecule has 19 heavy (non-hydrogen) atoms. The standard InChI is InChI=1S/C14H21FN2O2/c1-19-11-2-3-12(14(18)10-11)13(4-5-15)17-8-6-16-7-9-17/h2-3,10,13,16,18H,4-9H2,1H3/t13-/m1/s1. The molecule has 0 radical (unpaired) electrons. The van der Waals surface area contributed by atoms with Crippen LogP contribution in [-0.2, 0) is 0 Å². The van der Waals surface area contributed by atoms with E-state index >= 15 is 0 Å². The summed E-state index contributed by atoms with van der Waals surface area (Å²) >= 11 is 0. The van der Waals surface area contributed by atoms with Gasteiger partial charge in [0.1, 0.15) is 11.5 Å². The summed E-state index contributed by atoms with van der Waals surface area (Å²) in [6, 6.07) is 5.15. The molecule has 0 amide bonds. The highest BCUT2D eigenvalue weighted by Crippen LogP contribution is 2.34. The molecule has 1 saturated heterocycles. The van der Waals surface area contributed by atoms with Gasteiger partial charge in [-0.25, -0.2) is 0 Å². The van der Waals surface area contributed by atoms with E-state index in [0.717, 1.165) is 31.7 Å². The summed E-state index contributed by atoms with van der Waals surface area (Å²) in [6.45, 7) is 3.16. The molecule has 0 unspecified atom stereocenters. The predicted octanol–water partition coefficient (Wildman–Crippen LogP) is 1.71. The van der Waals surface area contributed by atoms with Crippen LogP contribution in [0.3, 0.4) is 0 Å². The maximum absolute atomic E-state index is 12.8. The SMILES string of the molecule is COc1ccc([C@@H](CCF)N2CCNCC2)c(O)c1. The van der Waals surface area contributed by atoms with Crippen molar-refractivity contribution in [1.29, 1.82) is 0 Å². The average Bonchev–Trinajstić information content (AvgIpc) is 2.46. The molecule has 1 heterocycles. The first-order valence-electron chi connectivity index (χ1n) is 6.64. The number of rotatable bonds is 5. The predicted molar refractivity (Wildman–Crippen MR) is 72.4 cm³/mol. The normalized spacial score (nSPS) is 18.2.